The van der Waals surface area contributed by atoms with Crippen molar-refractivity contribution in [3.05, 3.63) is 0 Å². The van der Waals surface area contributed by atoms with E-state index in [4.69, 9.17) is 9.47 Å². The normalized spacial score (nSPS) is 16.5. The van der Waals surface area contributed by atoms with Crippen LogP contribution in [0.5, 0.6) is 0 Å². The monoisotopic (exact) mass is 382 g/mol. The van der Waals surface area contributed by atoms with E-state index in [2.05, 4.69) is 6.92 Å². The predicted molar refractivity (Wildman–Crippen MR) is 110 cm³/mol. The van der Waals surface area contributed by atoms with E-state index < -0.39 is 0 Å². The first-order valence-electron chi connectivity index (χ1n) is 11.6. The molecule has 1 rings (SSSR count). The van der Waals surface area contributed by atoms with E-state index in [-0.39, 0.29) is 24.5 Å². The second kappa shape index (κ2) is 17.1. The number of hydrogen-bond donors (Lipinski definition) is 0. The van der Waals surface area contributed by atoms with Crippen LogP contribution in [-0.2, 0) is 19.1 Å². The highest BCUT2D eigenvalue weighted by Gasteiger charge is 2.27. The van der Waals surface area contributed by atoms with Crippen molar-refractivity contribution in [2.24, 2.45) is 5.92 Å². The molecule has 4 nitrogen and oxygen atoms in total. The summed E-state index contributed by atoms with van der Waals surface area (Å²) >= 11 is 0. The van der Waals surface area contributed by atoms with Gasteiger partial charge in [0.05, 0.1) is 12.5 Å². The van der Waals surface area contributed by atoms with Crippen molar-refractivity contribution in [1.29, 1.82) is 0 Å². The van der Waals surface area contributed by atoms with Gasteiger partial charge in [0.25, 0.3) is 0 Å². The fourth-order valence-electron chi connectivity index (χ4n) is 3.60. The van der Waals surface area contributed by atoms with Crippen LogP contribution in [-0.4, -0.2) is 25.2 Å². The minimum atomic E-state index is -0.241. The molecule has 158 valence electrons. The first-order chi connectivity index (χ1) is 13.2. The van der Waals surface area contributed by atoms with Gasteiger partial charge in [0.2, 0.25) is 0 Å². The highest BCUT2D eigenvalue weighted by molar-refractivity contribution is 5.75. The molecule has 0 aromatic heterocycles. The SMILES string of the molecule is CCCCCCCCCCCCCCCCCC(=O)OCC1CCOC1=O. The molecule has 0 aromatic carbocycles. The summed E-state index contributed by atoms with van der Waals surface area (Å²) < 4.78 is 10.0. The summed E-state index contributed by atoms with van der Waals surface area (Å²) in [7, 11) is 0. The number of rotatable bonds is 18. The van der Waals surface area contributed by atoms with Crippen molar-refractivity contribution >= 4 is 11.9 Å². The standard InChI is InChI=1S/C23H42O4/c1-2-3-4-5-6-7-8-9-10-11-12-13-14-15-16-17-22(24)27-20-21-18-19-26-23(21)25/h21H,2-20H2,1H3. The highest BCUT2D eigenvalue weighted by atomic mass is 16.6. The van der Waals surface area contributed by atoms with Gasteiger partial charge < -0.3 is 9.47 Å². The Morgan fingerprint density at radius 2 is 1.33 bits per heavy atom. The number of cyclic esters (lactones) is 1. The molecule has 0 spiro atoms. The first kappa shape index (κ1) is 24.0. The molecule has 1 aliphatic rings. The van der Waals surface area contributed by atoms with Crippen LogP contribution in [0.15, 0.2) is 0 Å². The first-order valence-corrected chi connectivity index (χ1v) is 11.6. The van der Waals surface area contributed by atoms with Crippen molar-refractivity contribution in [2.75, 3.05) is 13.2 Å². The van der Waals surface area contributed by atoms with Gasteiger partial charge in [-0.3, -0.25) is 9.59 Å². The summed E-state index contributed by atoms with van der Waals surface area (Å²) in [5, 5.41) is 0. The van der Waals surface area contributed by atoms with Crippen molar-refractivity contribution in [2.45, 2.75) is 116 Å². The second-order valence-corrected chi connectivity index (χ2v) is 8.04. The summed E-state index contributed by atoms with van der Waals surface area (Å²) in [6.45, 7) is 2.92. The number of unbranched alkanes of at least 4 members (excludes halogenated alkanes) is 14. The van der Waals surface area contributed by atoms with Gasteiger partial charge in [-0.15, -0.1) is 0 Å². The Morgan fingerprint density at radius 1 is 0.852 bits per heavy atom. The van der Waals surface area contributed by atoms with Crippen LogP contribution >= 0.6 is 0 Å². The number of ether oxygens (including phenoxy) is 2. The van der Waals surface area contributed by atoms with Crippen molar-refractivity contribution < 1.29 is 19.1 Å². The van der Waals surface area contributed by atoms with Gasteiger partial charge in [-0.05, 0) is 12.8 Å². The maximum Gasteiger partial charge on any atom is 0.312 e. The van der Waals surface area contributed by atoms with Crippen LogP contribution in [0.2, 0.25) is 0 Å². The summed E-state index contributed by atoms with van der Waals surface area (Å²) in [6, 6.07) is 0. The number of hydrogen-bond acceptors (Lipinski definition) is 4. The van der Waals surface area contributed by atoms with Crippen LogP contribution in [0.1, 0.15) is 116 Å². The van der Waals surface area contributed by atoms with E-state index in [0.717, 1.165) is 12.8 Å². The minimum absolute atomic E-state index is 0.176. The molecule has 0 aromatic rings. The summed E-state index contributed by atoms with van der Waals surface area (Å²) in [5.74, 6) is -0.644. The lowest BCUT2D eigenvalue weighted by Gasteiger charge is -2.07. The molecule has 1 fully saturated rings. The molecule has 0 bridgehead atoms. The van der Waals surface area contributed by atoms with Gasteiger partial charge in [0.1, 0.15) is 6.61 Å². The average molecular weight is 383 g/mol. The summed E-state index contributed by atoms with van der Waals surface area (Å²) in [6.07, 6.45) is 20.9. The fraction of sp³-hybridized carbons (Fsp3) is 0.913. The Morgan fingerprint density at radius 3 is 1.78 bits per heavy atom. The molecule has 1 atom stereocenters. The Balaban J connectivity index is 1.75. The van der Waals surface area contributed by atoms with E-state index >= 15 is 0 Å². The molecule has 0 aliphatic carbocycles. The van der Waals surface area contributed by atoms with Gasteiger partial charge >= 0.3 is 11.9 Å². The minimum Gasteiger partial charge on any atom is -0.465 e. The van der Waals surface area contributed by atoms with Gasteiger partial charge in [0.15, 0.2) is 0 Å². The molecule has 1 unspecified atom stereocenters. The molecule has 27 heavy (non-hydrogen) atoms. The molecule has 0 N–H and O–H groups in total. The lowest BCUT2D eigenvalue weighted by Crippen LogP contribution is -2.17. The third-order valence-corrected chi connectivity index (χ3v) is 5.47. The maximum absolute atomic E-state index is 11.7. The molecule has 1 saturated heterocycles. The lowest BCUT2D eigenvalue weighted by atomic mass is 10.0. The van der Waals surface area contributed by atoms with E-state index in [1.807, 2.05) is 0 Å². The summed E-state index contributed by atoms with van der Waals surface area (Å²) in [4.78, 5) is 22.9. The second-order valence-electron chi connectivity index (χ2n) is 8.04. The molecular weight excluding hydrogens is 340 g/mol. The van der Waals surface area contributed by atoms with Gasteiger partial charge in [-0.25, -0.2) is 0 Å². The zero-order chi connectivity index (χ0) is 19.6. The topological polar surface area (TPSA) is 52.6 Å². The van der Waals surface area contributed by atoms with E-state index in [1.165, 1.54) is 83.5 Å². The number of esters is 2. The van der Waals surface area contributed by atoms with Crippen LogP contribution in [0, 0.1) is 5.92 Å². The fourth-order valence-corrected chi connectivity index (χ4v) is 3.60. The zero-order valence-electron chi connectivity index (χ0n) is 17.6. The third kappa shape index (κ3) is 13.7. The van der Waals surface area contributed by atoms with Gasteiger partial charge in [-0.2, -0.15) is 0 Å². The molecule has 1 aliphatic heterocycles. The Hall–Kier alpha value is -1.06. The highest BCUT2D eigenvalue weighted by Crippen LogP contribution is 2.16. The lowest BCUT2D eigenvalue weighted by molar-refractivity contribution is -0.149. The third-order valence-electron chi connectivity index (χ3n) is 5.47. The van der Waals surface area contributed by atoms with E-state index in [1.54, 1.807) is 0 Å². The molecule has 0 amide bonds. The molecule has 0 radical (unpaired) electrons. The van der Waals surface area contributed by atoms with Gasteiger partial charge in [-0.1, -0.05) is 96.8 Å². The number of carbonyl (C=O) groups is 2. The average Bonchev–Trinajstić information content (AvgIpc) is 3.08. The van der Waals surface area contributed by atoms with E-state index in [9.17, 15) is 9.59 Å². The molecular formula is C23H42O4. The Bertz CT molecular complexity index is 381. The maximum atomic E-state index is 11.7. The quantitative estimate of drug-likeness (QED) is 0.205. The van der Waals surface area contributed by atoms with Gasteiger partial charge in [0, 0.05) is 6.42 Å². The molecule has 4 heteroatoms. The zero-order valence-corrected chi connectivity index (χ0v) is 17.6. The van der Waals surface area contributed by atoms with E-state index in [0.29, 0.717) is 19.4 Å². The Kier molecular flexibility index (Phi) is 15.2. The van der Waals surface area contributed by atoms with Crippen LogP contribution in [0.4, 0.5) is 0 Å². The van der Waals surface area contributed by atoms with Crippen molar-refractivity contribution in [3.8, 4) is 0 Å². The van der Waals surface area contributed by atoms with Crippen molar-refractivity contribution in [1.82, 2.24) is 0 Å². The Labute approximate surface area is 166 Å². The smallest absolute Gasteiger partial charge is 0.312 e. The predicted octanol–water partition coefficient (Wildman–Crippen LogP) is 6.35. The molecule has 1 heterocycles. The van der Waals surface area contributed by atoms with Crippen molar-refractivity contribution in [3.63, 3.8) is 0 Å². The number of carbonyl (C=O) groups excluding carboxylic acids is 2. The largest absolute Gasteiger partial charge is 0.465 e. The van der Waals surface area contributed by atoms with Crippen LogP contribution < -0.4 is 0 Å². The summed E-state index contributed by atoms with van der Waals surface area (Å²) in [5.41, 5.74) is 0. The van der Waals surface area contributed by atoms with Crippen LogP contribution in [0.25, 0.3) is 0 Å². The van der Waals surface area contributed by atoms with Crippen LogP contribution in [0.3, 0.4) is 0 Å². The molecule has 0 saturated carbocycles.